The van der Waals surface area contributed by atoms with Crippen molar-refractivity contribution in [3.8, 4) is 5.75 Å². The molecule has 0 bridgehead atoms. The van der Waals surface area contributed by atoms with Crippen molar-refractivity contribution in [1.29, 1.82) is 0 Å². The van der Waals surface area contributed by atoms with E-state index in [9.17, 15) is 42.6 Å². The van der Waals surface area contributed by atoms with Gasteiger partial charge in [-0.3, -0.25) is 34.3 Å². The number of nitrogens with zero attached hydrogens (tertiary/aromatic N) is 3. The number of carboxylic acids is 1. The topological polar surface area (TPSA) is 157 Å². The van der Waals surface area contributed by atoms with Crippen LogP contribution in [0.25, 0.3) is 0 Å². The van der Waals surface area contributed by atoms with Crippen molar-refractivity contribution in [2.24, 2.45) is 23.7 Å². The number of hydrogen-bond acceptors (Lipinski definition) is 8. The minimum absolute atomic E-state index is 0.0737. The molecule has 11 nitrogen and oxygen atoms in total. The summed E-state index contributed by atoms with van der Waals surface area (Å²) in [6.07, 6.45) is -3.01. The minimum atomic E-state index is -4.77. The summed E-state index contributed by atoms with van der Waals surface area (Å²) in [6.45, 7) is 1.32. The number of para-hydroxylation sites is 1. The van der Waals surface area contributed by atoms with Crippen molar-refractivity contribution in [2.75, 3.05) is 12.0 Å². The van der Waals surface area contributed by atoms with Crippen LogP contribution in [0.4, 0.5) is 19.0 Å². The van der Waals surface area contributed by atoms with Crippen LogP contribution >= 0.6 is 23.2 Å². The highest BCUT2D eigenvalue weighted by molar-refractivity contribution is 6.33. The fourth-order valence-electron chi connectivity index (χ4n) is 8.53. The molecule has 3 aromatic rings. The predicted molar refractivity (Wildman–Crippen MR) is 179 cm³/mol. The van der Waals surface area contributed by atoms with Gasteiger partial charge in [-0.15, -0.1) is 0 Å². The van der Waals surface area contributed by atoms with Crippen LogP contribution in [0.3, 0.4) is 0 Å². The number of rotatable bonds is 7. The summed E-state index contributed by atoms with van der Waals surface area (Å²) < 4.78 is 40.2. The first kappa shape index (κ1) is 35.5. The lowest BCUT2D eigenvalue weighted by atomic mass is 9.49. The number of fused-ring (bicyclic) bond motifs is 4. The third kappa shape index (κ3) is 5.33. The largest absolute Gasteiger partial charge is 0.507 e. The molecule has 3 N–H and O–H groups in total. The minimum Gasteiger partial charge on any atom is -0.507 e. The summed E-state index contributed by atoms with van der Waals surface area (Å²) >= 11 is 12.5. The maximum atomic E-state index is 15.2. The molecular formula is C36H29Cl2F3N4O7. The van der Waals surface area contributed by atoms with Gasteiger partial charge in [0.2, 0.25) is 11.8 Å². The van der Waals surface area contributed by atoms with Gasteiger partial charge < -0.3 is 10.2 Å². The molecule has 0 spiro atoms. The van der Waals surface area contributed by atoms with E-state index in [-0.39, 0.29) is 30.7 Å². The fraction of sp³-hybridized carbons (Fsp3) is 0.333. The van der Waals surface area contributed by atoms with Crippen molar-refractivity contribution in [1.82, 2.24) is 14.9 Å². The molecule has 2 aliphatic heterocycles. The van der Waals surface area contributed by atoms with E-state index in [1.165, 1.54) is 12.1 Å². The zero-order chi connectivity index (χ0) is 37.4. The molecule has 4 aliphatic rings. The number of carboxylic acid groups (broad SMARTS) is 1. The smallest absolute Gasteiger partial charge is 0.417 e. The molecule has 16 heteroatoms. The van der Waals surface area contributed by atoms with E-state index in [0.717, 1.165) is 4.90 Å². The van der Waals surface area contributed by atoms with Crippen molar-refractivity contribution >= 4 is 58.6 Å². The van der Waals surface area contributed by atoms with Crippen molar-refractivity contribution in [3.05, 3.63) is 98.7 Å². The summed E-state index contributed by atoms with van der Waals surface area (Å²) in [4.78, 5) is 73.4. The van der Waals surface area contributed by atoms with Crippen LogP contribution in [0.1, 0.15) is 47.4 Å². The SMILES string of the molecule is Cc1cccc([C@H]2C3=CC[C@@H]4C(=O)N(CCC(=O)O)C(=O)[C@@H]4[C@@H]3C[C@H]3C(=O)N(Nc4ncc(C(F)(F)F)cc4Cl)C(=O)[C@@]23c2ccc(Cl)cc2)c1O. The number of carbonyl (C=O) groups excluding carboxylic acids is 4. The van der Waals surface area contributed by atoms with Gasteiger partial charge in [-0.1, -0.05) is 65.2 Å². The number of nitrogens with one attached hydrogen (secondary N) is 1. The molecule has 6 atom stereocenters. The first-order chi connectivity index (χ1) is 24.6. The van der Waals surface area contributed by atoms with E-state index >= 15 is 4.79 Å². The normalized spacial score (nSPS) is 27.0. The number of aliphatic carboxylic acids is 1. The third-order valence-electron chi connectivity index (χ3n) is 10.8. The lowest BCUT2D eigenvalue weighted by Gasteiger charge is -2.50. The van der Waals surface area contributed by atoms with Crippen LogP contribution in [0.15, 0.2) is 66.4 Å². The highest BCUT2D eigenvalue weighted by Crippen LogP contribution is 2.65. The Balaban J connectivity index is 1.42. The number of anilines is 1. The van der Waals surface area contributed by atoms with Crippen LogP contribution in [0.2, 0.25) is 10.0 Å². The van der Waals surface area contributed by atoms with Gasteiger partial charge in [-0.2, -0.15) is 18.2 Å². The molecule has 0 unspecified atom stereocenters. The van der Waals surface area contributed by atoms with Gasteiger partial charge in [0, 0.05) is 29.2 Å². The predicted octanol–water partition coefficient (Wildman–Crippen LogP) is 5.88. The highest BCUT2D eigenvalue weighted by Gasteiger charge is 2.70. The van der Waals surface area contributed by atoms with Crippen molar-refractivity contribution < 1.29 is 47.4 Å². The van der Waals surface area contributed by atoms with Gasteiger partial charge in [0.05, 0.1) is 40.2 Å². The molecule has 7 rings (SSSR count). The second-order valence-corrected chi connectivity index (χ2v) is 14.2. The lowest BCUT2D eigenvalue weighted by Crippen LogP contribution is -2.53. The molecule has 1 aromatic heterocycles. The standard InChI is InChI=1S/C36H29Cl2F3N4O7/c1-16-3-2-4-22(29(16)48)28-20-9-10-21-27(33(51)44(31(21)49)12-11-26(46)47)23(20)14-24-32(50)45(34(52)35(24,28)17-5-7-19(37)8-6-17)43-30-25(38)13-18(15-42-30)36(39,40)41/h2-9,13,15,21,23-24,27-28,48H,10-12,14H2,1H3,(H,42,43)(H,46,47)/t21-,23+,24-,27-,28+,35+/m0/s1. The molecule has 0 radical (unpaired) electrons. The number of allylic oxidation sites excluding steroid dienone is 2. The summed E-state index contributed by atoms with van der Waals surface area (Å²) in [6, 6.07) is 11.8. The number of carbonyl (C=O) groups is 5. The first-order valence-corrected chi connectivity index (χ1v) is 17.0. The average molecular weight is 758 g/mol. The van der Waals surface area contributed by atoms with Crippen LogP contribution in [-0.4, -0.2) is 61.2 Å². The molecule has 270 valence electrons. The van der Waals surface area contributed by atoms with Gasteiger partial charge >= 0.3 is 12.1 Å². The van der Waals surface area contributed by atoms with E-state index in [4.69, 9.17) is 23.2 Å². The number of phenolic OH excluding ortho intramolecular Hbond substituents is 1. The third-order valence-corrected chi connectivity index (χ3v) is 11.3. The second kappa shape index (κ2) is 12.6. The number of imide groups is 2. The monoisotopic (exact) mass is 756 g/mol. The maximum Gasteiger partial charge on any atom is 0.417 e. The Hall–Kier alpha value is -4.95. The van der Waals surface area contributed by atoms with E-state index < -0.39 is 93.6 Å². The van der Waals surface area contributed by atoms with Crippen LogP contribution in [0.5, 0.6) is 5.75 Å². The summed E-state index contributed by atoms with van der Waals surface area (Å²) in [5.74, 6) is -9.53. The number of hydrogen-bond donors (Lipinski definition) is 3. The Morgan fingerprint density at radius 2 is 1.75 bits per heavy atom. The zero-order valence-corrected chi connectivity index (χ0v) is 28.7. The number of aromatic nitrogens is 1. The number of pyridine rings is 1. The van der Waals surface area contributed by atoms with Crippen LogP contribution in [0, 0.1) is 30.6 Å². The number of hydrazine groups is 1. The van der Waals surface area contributed by atoms with E-state index in [0.29, 0.717) is 39.0 Å². The van der Waals surface area contributed by atoms with Gasteiger partial charge in [0.25, 0.3) is 11.8 Å². The van der Waals surface area contributed by atoms with Gasteiger partial charge in [-0.25, -0.2) is 4.98 Å². The Labute approximate surface area is 304 Å². The Morgan fingerprint density at radius 1 is 1.04 bits per heavy atom. The fourth-order valence-corrected chi connectivity index (χ4v) is 8.87. The highest BCUT2D eigenvalue weighted by atomic mass is 35.5. The van der Waals surface area contributed by atoms with Gasteiger partial charge in [0.15, 0.2) is 5.82 Å². The number of aryl methyl sites for hydroxylation is 1. The van der Waals surface area contributed by atoms with E-state index in [1.54, 1.807) is 43.3 Å². The molecule has 4 amide bonds. The van der Waals surface area contributed by atoms with E-state index in [1.807, 2.05) is 0 Å². The molecule has 1 saturated carbocycles. The Kier molecular flexibility index (Phi) is 8.61. The molecular weight excluding hydrogens is 728 g/mol. The summed E-state index contributed by atoms with van der Waals surface area (Å²) in [5.41, 5.74) is 1.17. The zero-order valence-electron chi connectivity index (χ0n) is 27.2. The van der Waals surface area contributed by atoms with E-state index in [2.05, 4.69) is 10.4 Å². The second-order valence-electron chi connectivity index (χ2n) is 13.4. The number of phenols is 1. The quantitative estimate of drug-likeness (QED) is 0.198. The lowest BCUT2D eigenvalue weighted by molar-refractivity contribution is -0.143. The number of alkyl halides is 3. The van der Waals surface area contributed by atoms with Crippen LogP contribution in [-0.2, 0) is 35.6 Å². The molecule has 3 heterocycles. The number of aromatic hydroxyl groups is 1. The van der Waals surface area contributed by atoms with Crippen LogP contribution < -0.4 is 5.43 Å². The molecule has 3 fully saturated rings. The first-order valence-electron chi connectivity index (χ1n) is 16.3. The molecule has 2 aromatic carbocycles. The Bertz CT molecular complexity index is 2090. The molecule has 2 aliphatic carbocycles. The summed E-state index contributed by atoms with van der Waals surface area (Å²) in [5, 5.41) is 21.4. The molecule has 2 saturated heterocycles. The van der Waals surface area contributed by atoms with Crippen molar-refractivity contribution in [2.45, 2.75) is 43.7 Å². The number of benzene rings is 2. The maximum absolute atomic E-state index is 15.2. The number of likely N-dealkylation sites (tertiary alicyclic amines) is 1. The Morgan fingerprint density at radius 3 is 2.40 bits per heavy atom. The average Bonchev–Trinajstić information content (AvgIpc) is 3.46. The van der Waals surface area contributed by atoms with Gasteiger partial charge in [-0.05, 0) is 55.0 Å². The van der Waals surface area contributed by atoms with Gasteiger partial charge in [0.1, 0.15) is 5.75 Å². The number of halogens is 5. The van der Waals surface area contributed by atoms with Crippen molar-refractivity contribution in [3.63, 3.8) is 0 Å². The summed E-state index contributed by atoms with van der Waals surface area (Å²) in [7, 11) is 0. The molecule has 52 heavy (non-hydrogen) atoms. The number of amides is 4.